The van der Waals surface area contributed by atoms with Crippen molar-refractivity contribution in [3.63, 3.8) is 0 Å². The van der Waals surface area contributed by atoms with Gasteiger partial charge in [0.25, 0.3) is 0 Å². The van der Waals surface area contributed by atoms with Crippen molar-refractivity contribution in [2.45, 2.75) is 38.1 Å². The number of amides is 3. The van der Waals surface area contributed by atoms with Crippen LogP contribution in [0.2, 0.25) is 5.02 Å². The lowest BCUT2D eigenvalue weighted by atomic mass is 10.2. The van der Waals surface area contributed by atoms with Gasteiger partial charge in [0, 0.05) is 48.3 Å². The highest BCUT2D eigenvalue weighted by Gasteiger charge is 2.23. The minimum absolute atomic E-state index is 0.0630. The van der Waals surface area contributed by atoms with Crippen LogP contribution in [0.4, 0.5) is 15.6 Å². The van der Waals surface area contributed by atoms with Crippen LogP contribution in [0, 0.1) is 0 Å². The van der Waals surface area contributed by atoms with Crippen LogP contribution in [-0.2, 0) is 11.2 Å². The lowest BCUT2D eigenvalue weighted by Gasteiger charge is -2.36. The van der Waals surface area contributed by atoms with Gasteiger partial charge in [0.05, 0.1) is 12.1 Å². The molecule has 4 rings (SSSR count). The van der Waals surface area contributed by atoms with Gasteiger partial charge in [0.1, 0.15) is 0 Å². The van der Waals surface area contributed by atoms with Gasteiger partial charge in [-0.25, -0.2) is 9.78 Å². The Labute approximate surface area is 185 Å². The smallest absolute Gasteiger partial charge is 0.321 e. The number of nitrogens with one attached hydrogen (secondary N) is 2. The van der Waals surface area contributed by atoms with Crippen LogP contribution in [0.3, 0.4) is 0 Å². The summed E-state index contributed by atoms with van der Waals surface area (Å²) >= 11 is 7.43. The van der Waals surface area contributed by atoms with Gasteiger partial charge in [-0.2, -0.15) is 0 Å². The van der Waals surface area contributed by atoms with Crippen molar-refractivity contribution in [3.05, 3.63) is 40.4 Å². The SMILES string of the molecule is O=C(Nc1nc(CC(=O)N2CCN(c3cccc(Cl)c3)CC2)cs1)NC1CCCC1. The first kappa shape index (κ1) is 20.9. The Morgan fingerprint density at radius 1 is 1.17 bits per heavy atom. The summed E-state index contributed by atoms with van der Waals surface area (Å²) in [5.74, 6) is 0.0630. The fraction of sp³-hybridized carbons (Fsp3) is 0.476. The minimum atomic E-state index is -0.216. The summed E-state index contributed by atoms with van der Waals surface area (Å²) in [6, 6.07) is 7.83. The van der Waals surface area contributed by atoms with E-state index in [0.29, 0.717) is 23.9 Å². The summed E-state index contributed by atoms with van der Waals surface area (Å²) in [5.41, 5.74) is 1.78. The summed E-state index contributed by atoms with van der Waals surface area (Å²) in [5, 5.41) is 8.85. The van der Waals surface area contributed by atoms with E-state index >= 15 is 0 Å². The predicted molar refractivity (Wildman–Crippen MR) is 120 cm³/mol. The van der Waals surface area contributed by atoms with Crippen molar-refractivity contribution in [2.24, 2.45) is 0 Å². The Morgan fingerprint density at radius 2 is 1.93 bits per heavy atom. The molecule has 0 spiro atoms. The second kappa shape index (κ2) is 9.66. The van der Waals surface area contributed by atoms with Crippen molar-refractivity contribution in [1.29, 1.82) is 0 Å². The van der Waals surface area contributed by atoms with Crippen LogP contribution < -0.4 is 15.5 Å². The third kappa shape index (κ3) is 5.43. The molecule has 1 aliphatic carbocycles. The molecule has 2 N–H and O–H groups in total. The number of hydrogen-bond donors (Lipinski definition) is 2. The van der Waals surface area contributed by atoms with E-state index in [4.69, 9.17) is 11.6 Å². The highest BCUT2D eigenvalue weighted by molar-refractivity contribution is 7.13. The van der Waals surface area contributed by atoms with E-state index in [-0.39, 0.29) is 24.4 Å². The number of anilines is 2. The number of nitrogens with zero attached hydrogens (tertiary/aromatic N) is 3. The quantitative estimate of drug-likeness (QED) is 0.731. The molecule has 2 heterocycles. The van der Waals surface area contributed by atoms with Gasteiger partial charge >= 0.3 is 6.03 Å². The molecule has 30 heavy (non-hydrogen) atoms. The average Bonchev–Trinajstić information content (AvgIpc) is 3.40. The van der Waals surface area contributed by atoms with Crippen molar-refractivity contribution in [1.82, 2.24) is 15.2 Å². The summed E-state index contributed by atoms with van der Waals surface area (Å²) in [6.07, 6.45) is 4.66. The van der Waals surface area contributed by atoms with Gasteiger partial charge in [-0.3, -0.25) is 10.1 Å². The Balaban J connectivity index is 1.24. The van der Waals surface area contributed by atoms with E-state index in [1.807, 2.05) is 34.5 Å². The molecule has 1 aromatic heterocycles. The Morgan fingerprint density at radius 3 is 2.67 bits per heavy atom. The molecular weight excluding hydrogens is 422 g/mol. The van der Waals surface area contributed by atoms with Gasteiger partial charge in [0.2, 0.25) is 5.91 Å². The number of halogens is 1. The van der Waals surface area contributed by atoms with E-state index < -0.39 is 0 Å². The van der Waals surface area contributed by atoms with Crippen LogP contribution >= 0.6 is 22.9 Å². The zero-order chi connectivity index (χ0) is 20.9. The monoisotopic (exact) mass is 447 g/mol. The minimum Gasteiger partial charge on any atom is -0.368 e. The number of carbonyl (C=O) groups excluding carboxylic acids is 2. The number of urea groups is 1. The zero-order valence-electron chi connectivity index (χ0n) is 16.8. The number of hydrogen-bond acceptors (Lipinski definition) is 5. The zero-order valence-corrected chi connectivity index (χ0v) is 18.3. The number of rotatable bonds is 5. The van der Waals surface area contributed by atoms with Crippen molar-refractivity contribution >= 4 is 45.7 Å². The molecule has 2 aliphatic rings. The summed E-state index contributed by atoms with van der Waals surface area (Å²) < 4.78 is 0. The normalized spacial score (nSPS) is 17.2. The molecule has 160 valence electrons. The van der Waals surface area contributed by atoms with Crippen molar-refractivity contribution in [3.8, 4) is 0 Å². The Bertz CT molecular complexity index is 891. The molecule has 3 amide bonds. The van der Waals surface area contributed by atoms with E-state index in [1.54, 1.807) is 0 Å². The van der Waals surface area contributed by atoms with Crippen LogP contribution in [-0.4, -0.2) is 54.0 Å². The fourth-order valence-electron chi connectivity index (χ4n) is 3.99. The topological polar surface area (TPSA) is 77.6 Å². The van der Waals surface area contributed by atoms with Gasteiger partial charge < -0.3 is 15.1 Å². The lowest BCUT2D eigenvalue weighted by molar-refractivity contribution is -0.130. The largest absolute Gasteiger partial charge is 0.368 e. The predicted octanol–water partition coefficient (Wildman–Crippen LogP) is 3.75. The van der Waals surface area contributed by atoms with Crippen molar-refractivity contribution < 1.29 is 9.59 Å². The molecule has 2 aromatic rings. The van der Waals surface area contributed by atoms with E-state index in [2.05, 4.69) is 20.5 Å². The first-order valence-electron chi connectivity index (χ1n) is 10.4. The first-order valence-corrected chi connectivity index (χ1v) is 11.6. The molecule has 1 saturated heterocycles. The number of aromatic nitrogens is 1. The molecule has 0 bridgehead atoms. The van der Waals surface area contributed by atoms with Crippen LogP contribution in [0.1, 0.15) is 31.4 Å². The fourth-order valence-corrected chi connectivity index (χ4v) is 4.88. The molecule has 0 atom stereocenters. The van der Waals surface area contributed by atoms with Crippen LogP contribution in [0.25, 0.3) is 0 Å². The van der Waals surface area contributed by atoms with Crippen LogP contribution in [0.15, 0.2) is 29.6 Å². The number of benzene rings is 1. The number of piperazine rings is 1. The molecule has 7 nitrogen and oxygen atoms in total. The molecule has 1 aliphatic heterocycles. The summed E-state index contributed by atoms with van der Waals surface area (Å²) in [4.78, 5) is 33.3. The summed E-state index contributed by atoms with van der Waals surface area (Å²) in [7, 11) is 0. The Kier molecular flexibility index (Phi) is 6.74. The molecule has 0 unspecified atom stereocenters. The molecule has 2 fully saturated rings. The van der Waals surface area contributed by atoms with Gasteiger partial charge in [0.15, 0.2) is 5.13 Å². The Hall–Kier alpha value is -2.32. The molecule has 1 aromatic carbocycles. The number of thiazole rings is 1. The highest BCUT2D eigenvalue weighted by Crippen LogP contribution is 2.22. The second-order valence-corrected chi connectivity index (χ2v) is 9.04. The van der Waals surface area contributed by atoms with E-state index in [9.17, 15) is 9.59 Å². The third-order valence-electron chi connectivity index (χ3n) is 5.60. The average molecular weight is 448 g/mol. The molecule has 9 heteroatoms. The highest BCUT2D eigenvalue weighted by atomic mass is 35.5. The van der Waals surface area contributed by atoms with Crippen LogP contribution in [0.5, 0.6) is 0 Å². The maximum Gasteiger partial charge on any atom is 0.321 e. The maximum absolute atomic E-state index is 12.7. The first-order chi connectivity index (χ1) is 14.6. The molecule has 1 saturated carbocycles. The van der Waals surface area contributed by atoms with E-state index in [1.165, 1.54) is 24.2 Å². The molecule has 0 radical (unpaired) electrons. The standard InChI is InChI=1S/C21H26ClN5O2S/c22-15-4-3-7-18(12-15)26-8-10-27(11-9-26)19(28)13-17-14-30-21(24-17)25-20(29)23-16-5-1-2-6-16/h3-4,7,12,14,16H,1-2,5-6,8-11,13H2,(H2,23,24,25,29). The van der Waals surface area contributed by atoms with Gasteiger partial charge in [-0.1, -0.05) is 30.5 Å². The van der Waals surface area contributed by atoms with E-state index in [0.717, 1.165) is 36.6 Å². The molecular formula is C21H26ClN5O2S. The van der Waals surface area contributed by atoms with Crippen molar-refractivity contribution in [2.75, 3.05) is 36.4 Å². The summed E-state index contributed by atoms with van der Waals surface area (Å²) in [6.45, 7) is 2.89. The maximum atomic E-state index is 12.7. The van der Waals surface area contributed by atoms with Gasteiger partial charge in [-0.05, 0) is 31.0 Å². The van der Waals surface area contributed by atoms with Gasteiger partial charge in [-0.15, -0.1) is 11.3 Å². The third-order valence-corrected chi connectivity index (χ3v) is 6.64. The number of carbonyl (C=O) groups is 2. The second-order valence-electron chi connectivity index (χ2n) is 7.75. The lowest BCUT2D eigenvalue weighted by Crippen LogP contribution is -2.49.